The fourth-order valence-corrected chi connectivity index (χ4v) is 5.64. The molecule has 1 fully saturated rings. The van der Waals surface area contributed by atoms with Crippen LogP contribution in [0.2, 0.25) is 0 Å². The van der Waals surface area contributed by atoms with Crippen LogP contribution in [0.4, 0.5) is 11.8 Å². The van der Waals surface area contributed by atoms with Gasteiger partial charge < -0.3 is 40.6 Å². The summed E-state index contributed by atoms with van der Waals surface area (Å²) < 4.78 is 13.4. The van der Waals surface area contributed by atoms with Gasteiger partial charge in [-0.15, -0.1) is 0 Å². The maximum absolute atomic E-state index is 10.3. The lowest BCUT2D eigenvalue weighted by Crippen LogP contribution is -2.46. The molecule has 0 amide bonds. The zero-order chi connectivity index (χ0) is 28.1. The van der Waals surface area contributed by atoms with Gasteiger partial charge in [-0.25, -0.2) is 4.98 Å². The second kappa shape index (κ2) is 12.8. The molecule has 0 saturated carbocycles. The van der Waals surface area contributed by atoms with Gasteiger partial charge in [0.15, 0.2) is 5.82 Å². The van der Waals surface area contributed by atoms with Crippen LogP contribution < -0.4 is 21.1 Å². The van der Waals surface area contributed by atoms with Gasteiger partial charge in [0.1, 0.15) is 16.8 Å². The average molecular weight is 549 g/mol. The SMILES string of the molecule is CCC[C@@H](CCO)Nc1nc(N)nc2c3ccccc3n(Cc3cc(CN[C@@H]4CCOC[C@H]4O)ccc3OC)c12. The normalized spacial score (nSPS) is 18.3. The summed E-state index contributed by atoms with van der Waals surface area (Å²) in [5.41, 5.74) is 11.0. The Labute approximate surface area is 234 Å². The molecule has 1 saturated heterocycles. The number of nitrogens with two attached hydrogens (primary N) is 1. The fourth-order valence-electron chi connectivity index (χ4n) is 5.64. The molecule has 214 valence electrons. The number of nitrogen functional groups attached to an aromatic ring is 1. The molecule has 1 aliphatic rings. The highest BCUT2D eigenvalue weighted by Crippen LogP contribution is 2.34. The van der Waals surface area contributed by atoms with Crippen LogP contribution in [0.5, 0.6) is 5.75 Å². The Hall–Kier alpha value is -3.44. The summed E-state index contributed by atoms with van der Waals surface area (Å²) in [4.78, 5) is 9.29. The topological polar surface area (TPSA) is 140 Å². The van der Waals surface area contributed by atoms with Crippen molar-refractivity contribution >= 4 is 33.7 Å². The van der Waals surface area contributed by atoms with E-state index in [0.717, 1.165) is 58.1 Å². The van der Waals surface area contributed by atoms with Crippen molar-refractivity contribution in [2.24, 2.45) is 0 Å². The van der Waals surface area contributed by atoms with Gasteiger partial charge in [-0.3, -0.25) is 0 Å². The molecule has 1 aliphatic heterocycles. The first-order chi connectivity index (χ1) is 19.5. The van der Waals surface area contributed by atoms with Crippen LogP contribution in [0.15, 0.2) is 42.5 Å². The summed E-state index contributed by atoms with van der Waals surface area (Å²) in [6, 6.07) is 14.4. The monoisotopic (exact) mass is 548 g/mol. The predicted molar refractivity (Wildman–Crippen MR) is 158 cm³/mol. The summed E-state index contributed by atoms with van der Waals surface area (Å²) in [6.45, 7) is 4.38. The van der Waals surface area contributed by atoms with Crippen molar-refractivity contribution in [2.45, 2.75) is 63.9 Å². The number of methoxy groups -OCH3 is 1. The second-order valence-corrected chi connectivity index (χ2v) is 10.4. The maximum atomic E-state index is 10.3. The smallest absolute Gasteiger partial charge is 0.222 e. The average Bonchev–Trinajstić information content (AvgIpc) is 3.26. The molecule has 0 radical (unpaired) electrons. The van der Waals surface area contributed by atoms with Crippen molar-refractivity contribution in [3.8, 4) is 5.75 Å². The molecule has 2 aromatic carbocycles. The summed E-state index contributed by atoms with van der Waals surface area (Å²) in [6.07, 6.45) is 2.76. The van der Waals surface area contributed by atoms with E-state index in [9.17, 15) is 10.2 Å². The van der Waals surface area contributed by atoms with Crippen molar-refractivity contribution in [1.82, 2.24) is 19.9 Å². The maximum Gasteiger partial charge on any atom is 0.222 e. The number of nitrogens with one attached hydrogen (secondary N) is 2. The zero-order valence-electron chi connectivity index (χ0n) is 23.3. The Morgan fingerprint density at radius 2 is 2.05 bits per heavy atom. The van der Waals surface area contributed by atoms with Crippen molar-refractivity contribution in [2.75, 3.05) is 38.0 Å². The summed E-state index contributed by atoms with van der Waals surface area (Å²) in [5.74, 6) is 1.66. The number of rotatable bonds is 12. The van der Waals surface area contributed by atoms with E-state index >= 15 is 0 Å². The highest BCUT2D eigenvalue weighted by Gasteiger charge is 2.24. The van der Waals surface area contributed by atoms with E-state index < -0.39 is 6.10 Å². The van der Waals surface area contributed by atoms with Crippen molar-refractivity contribution < 1.29 is 19.7 Å². The molecule has 2 aromatic heterocycles. The number of aromatic nitrogens is 3. The van der Waals surface area contributed by atoms with Gasteiger partial charge >= 0.3 is 0 Å². The molecular formula is C30H40N6O4. The Bertz CT molecular complexity index is 1440. The standard InChI is InChI=1S/C30H40N6O4/c1-3-6-21(11-13-37)33-29-28-27(34-30(31)35-29)22-7-4-5-8-24(22)36(28)17-20-15-19(9-10-26(20)39-2)16-32-23-12-14-40-18-25(23)38/h4-5,7-10,15,21,23,25,32,37-38H,3,6,11-14,16-18H2,1-2H3,(H3,31,33,34,35)/t21-,23+,25+/m0/s1. The van der Waals surface area contributed by atoms with Crippen LogP contribution in [0.1, 0.15) is 43.7 Å². The first-order valence-electron chi connectivity index (χ1n) is 14.1. The largest absolute Gasteiger partial charge is 0.496 e. The number of hydrogen-bond acceptors (Lipinski definition) is 9. The van der Waals surface area contributed by atoms with Crippen LogP contribution >= 0.6 is 0 Å². The van der Waals surface area contributed by atoms with Gasteiger partial charge in [0.2, 0.25) is 5.95 Å². The summed E-state index contributed by atoms with van der Waals surface area (Å²) in [7, 11) is 1.68. The van der Waals surface area contributed by atoms with Crippen LogP contribution in [0.25, 0.3) is 21.9 Å². The Kier molecular flexibility index (Phi) is 9.01. The highest BCUT2D eigenvalue weighted by molar-refractivity contribution is 6.09. The van der Waals surface area contributed by atoms with Gasteiger partial charge in [-0.05, 0) is 43.0 Å². The van der Waals surface area contributed by atoms with E-state index in [2.05, 4.69) is 50.3 Å². The van der Waals surface area contributed by atoms with Crippen LogP contribution in [-0.2, 0) is 17.8 Å². The van der Waals surface area contributed by atoms with Crippen molar-refractivity contribution in [3.63, 3.8) is 0 Å². The van der Waals surface area contributed by atoms with Gasteiger partial charge in [-0.1, -0.05) is 37.6 Å². The van der Waals surface area contributed by atoms with Gasteiger partial charge in [0.05, 0.1) is 31.9 Å². The van der Waals surface area contributed by atoms with E-state index in [1.807, 2.05) is 24.3 Å². The molecule has 0 bridgehead atoms. The minimum absolute atomic E-state index is 0.00265. The Morgan fingerprint density at radius 3 is 2.83 bits per heavy atom. The first-order valence-corrected chi connectivity index (χ1v) is 14.1. The zero-order valence-corrected chi connectivity index (χ0v) is 23.3. The number of fused-ring (bicyclic) bond motifs is 3. The van der Waals surface area contributed by atoms with Gasteiger partial charge in [0.25, 0.3) is 0 Å². The third kappa shape index (κ3) is 6.00. The molecule has 3 heterocycles. The molecule has 6 N–H and O–H groups in total. The predicted octanol–water partition coefficient (Wildman–Crippen LogP) is 3.43. The quantitative estimate of drug-likeness (QED) is 0.180. The summed E-state index contributed by atoms with van der Waals surface area (Å²) in [5, 5.41) is 28.0. The number of anilines is 2. The second-order valence-electron chi connectivity index (χ2n) is 10.4. The van der Waals surface area contributed by atoms with Gasteiger partial charge in [0, 0.05) is 42.8 Å². The van der Waals surface area contributed by atoms with E-state index in [4.69, 9.17) is 15.2 Å². The van der Waals surface area contributed by atoms with Crippen LogP contribution in [0, 0.1) is 0 Å². The number of aliphatic hydroxyl groups excluding tert-OH is 2. The molecular weight excluding hydrogens is 508 g/mol. The van der Waals surface area contributed by atoms with E-state index in [1.54, 1.807) is 7.11 Å². The molecule has 40 heavy (non-hydrogen) atoms. The summed E-state index contributed by atoms with van der Waals surface area (Å²) >= 11 is 0. The lowest BCUT2D eigenvalue weighted by molar-refractivity contribution is -0.0280. The van der Waals surface area contributed by atoms with E-state index in [0.29, 0.717) is 38.5 Å². The minimum atomic E-state index is -0.509. The Balaban J connectivity index is 1.55. The van der Waals surface area contributed by atoms with Crippen molar-refractivity contribution in [3.05, 3.63) is 53.6 Å². The fraction of sp³-hybridized carbons (Fsp3) is 0.467. The molecule has 0 spiro atoms. The third-order valence-corrected chi connectivity index (χ3v) is 7.64. The third-order valence-electron chi connectivity index (χ3n) is 7.64. The molecule has 0 aliphatic carbocycles. The molecule has 3 atom stereocenters. The molecule has 10 heteroatoms. The number of benzene rings is 2. The molecule has 0 unspecified atom stereocenters. The van der Waals surface area contributed by atoms with Gasteiger partial charge in [-0.2, -0.15) is 4.98 Å². The molecule has 4 aromatic rings. The highest BCUT2D eigenvalue weighted by atomic mass is 16.5. The van der Waals surface area contributed by atoms with E-state index in [1.165, 1.54) is 0 Å². The first kappa shape index (κ1) is 28.1. The number of aliphatic hydroxyl groups is 2. The number of nitrogens with zero attached hydrogens (tertiary/aromatic N) is 3. The molecule has 5 rings (SSSR count). The number of para-hydroxylation sites is 1. The molecule has 10 nitrogen and oxygen atoms in total. The number of ether oxygens (including phenoxy) is 2. The van der Waals surface area contributed by atoms with Crippen LogP contribution in [-0.4, -0.2) is 69.9 Å². The minimum Gasteiger partial charge on any atom is -0.496 e. The van der Waals surface area contributed by atoms with Crippen molar-refractivity contribution in [1.29, 1.82) is 0 Å². The van der Waals surface area contributed by atoms with E-state index in [-0.39, 0.29) is 24.6 Å². The lowest BCUT2D eigenvalue weighted by atomic mass is 10.0. The lowest BCUT2D eigenvalue weighted by Gasteiger charge is -2.28. The van der Waals surface area contributed by atoms with Crippen LogP contribution in [0.3, 0.4) is 0 Å². The Morgan fingerprint density at radius 1 is 1.20 bits per heavy atom. The number of hydrogen-bond donors (Lipinski definition) is 5.